The van der Waals surface area contributed by atoms with Gasteiger partial charge in [-0.2, -0.15) is 0 Å². The summed E-state index contributed by atoms with van der Waals surface area (Å²) >= 11 is 0. The van der Waals surface area contributed by atoms with Crippen LogP contribution >= 0.6 is 0 Å². The molecule has 1 fully saturated rings. The molecule has 0 saturated carbocycles. The summed E-state index contributed by atoms with van der Waals surface area (Å²) in [5, 5.41) is 6.47. The Labute approximate surface area is 287 Å². The summed E-state index contributed by atoms with van der Waals surface area (Å²) in [6.07, 6.45) is 5.74. The number of rotatable bonds is 10. The van der Waals surface area contributed by atoms with Gasteiger partial charge < -0.3 is 20.4 Å². The van der Waals surface area contributed by atoms with Gasteiger partial charge in [0.15, 0.2) is 0 Å². The third-order valence-corrected chi connectivity index (χ3v) is 9.33. The molecule has 49 heavy (non-hydrogen) atoms. The van der Waals surface area contributed by atoms with Crippen LogP contribution in [0.1, 0.15) is 37.3 Å². The molecule has 6 aromatic rings. The van der Waals surface area contributed by atoms with E-state index in [1.807, 2.05) is 84.4 Å². The summed E-state index contributed by atoms with van der Waals surface area (Å²) in [5.74, 6) is 1.07. The average molecular weight is 651 g/mol. The second-order valence-electron chi connectivity index (χ2n) is 13.0. The Morgan fingerprint density at radius 2 is 1.73 bits per heavy atom. The minimum absolute atomic E-state index is 0.163. The third-order valence-electron chi connectivity index (χ3n) is 9.33. The lowest BCUT2D eigenvalue weighted by Gasteiger charge is -2.20. The smallest absolute Gasteiger partial charge is 0.321 e. The number of pyridine rings is 1. The van der Waals surface area contributed by atoms with Crippen molar-refractivity contribution in [1.29, 1.82) is 0 Å². The minimum atomic E-state index is -0.163. The predicted molar refractivity (Wildman–Crippen MR) is 197 cm³/mol. The first-order valence-corrected chi connectivity index (χ1v) is 17.0. The molecule has 4 heterocycles. The van der Waals surface area contributed by atoms with Gasteiger partial charge in [0.05, 0.1) is 17.1 Å². The van der Waals surface area contributed by atoms with Gasteiger partial charge in [-0.15, -0.1) is 0 Å². The molecule has 1 atom stereocenters. The lowest BCUT2D eigenvalue weighted by Crippen LogP contribution is -2.32. The van der Waals surface area contributed by atoms with E-state index >= 15 is 0 Å². The molecule has 1 aliphatic heterocycles. The van der Waals surface area contributed by atoms with Gasteiger partial charge in [0.25, 0.3) is 0 Å². The van der Waals surface area contributed by atoms with Gasteiger partial charge in [0, 0.05) is 55.5 Å². The molecule has 0 radical (unpaired) electrons. The standard InChI is InChI=1S/C40H42N8O/c1-28(2)47-25-21-32(27-47)30-15-17-33(18-16-30)42-39-41-22-19-35(44-39)38-37(45-36-14-7-8-23-48(36)38)31-12-9-13-34(26-31)43-40(49)46(3)24-20-29-10-5-4-6-11-29/h4-19,22-23,26,28,32H,20-21,24-25,27H2,1-3H3,(H,43,49)(H,41,42,44)/t32-/m1/s1. The molecule has 0 aliphatic carbocycles. The van der Waals surface area contributed by atoms with Crippen LogP contribution < -0.4 is 10.6 Å². The quantitative estimate of drug-likeness (QED) is 0.156. The number of amides is 2. The Morgan fingerprint density at radius 3 is 2.53 bits per heavy atom. The molecule has 0 bridgehead atoms. The Bertz CT molecular complexity index is 2040. The number of carbonyl (C=O) groups excluding carboxylic acids is 1. The van der Waals surface area contributed by atoms with E-state index in [4.69, 9.17) is 9.97 Å². The zero-order valence-corrected chi connectivity index (χ0v) is 28.3. The number of nitrogens with one attached hydrogen (secondary N) is 2. The molecule has 2 amide bonds. The molecule has 2 N–H and O–H groups in total. The fraction of sp³-hybridized carbons (Fsp3) is 0.250. The summed E-state index contributed by atoms with van der Waals surface area (Å²) in [5.41, 5.74) is 8.21. The van der Waals surface area contributed by atoms with E-state index in [0.717, 1.165) is 53.5 Å². The van der Waals surface area contributed by atoms with Crippen LogP contribution in [0.2, 0.25) is 0 Å². The largest absolute Gasteiger partial charge is 0.327 e. The van der Waals surface area contributed by atoms with E-state index in [1.165, 1.54) is 17.5 Å². The van der Waals surface area contributed by atoms with Crippen LogP contribution in [-0.4, -0.2) is 67.9 Å². The second kappa shape index (κ2) is 14.3. The van der Waals surface area contributed by atoms with Crippen molar-refractivity contribution >= 4 is 29.0 Å². The molecule has 248 valence electrons. The first-order chi connectivity index (χ1) is 23.9. The highest BCUT2D eigenvalue weighted by atomic mass is 16.2. The minimum Gasteiger partial charge on any atom is -0.327 e. The highest BCUT2D eigenvalue weighted by molar-refractivity contribution is 5.91. The molecular weight excluding hydrogens is 608 g/mol. The van der Waals surface area contributed by atoms with Crippen molar-refractivity contribution in [3.05, 3.63) is 127 Å². The molecule has 0 spiro atoms. The number of urea groups is 1. The van der Waals surface area contributed by atoms with Crippen LogP contribution in [0.5, 0.6) is 0 Å². The highest BCUT2D eigenvalue weighted by Gasteiger charge is 2.25. The van der Waals surface area contributed by atoms with Crippen molar-refractivity contribution in [2.24, 2.45) is 0 Å². The maximum absolute atomic E-state index is 13.1. The van der Waals surface area contributed by atoms with Gasteiger partial charge in [0.2, 0.25) is 5.95 Å². The average Bonchev–Trinajstić information content (AvgIpc) is 3.78. The van der Waals surface area contributed by atoms with E-state index in [0.29, 0.717) is 30.1 Å². The highest BCUT2D eigenvalue weighted by Crippen LogP contribution is 2.34. The topological polar surface area (TPSA) is 90.7 Å². The van der Waals surface area contributed by atoms with Crippen LogP contribution in [0, 0.1) is 0 Å². The number of aromatic nitrogens is 4. The number of anilines is 3. The summed E-state index contributed by atoms with van der Waals surface area (Å²) in [7, 11) is 1.81. The van der Waals surface area contributed by atoms with Gasteiger partial charge in [-0.05, 0) is 92.7 Å². The Hall–Kier alpha value is -5.54. The molecule has 1 aliphatic rings. The molecule has 9 nitrogen and oxygen atoms in total. The fourth-order valence-electron chi connectivity index (χ4n) is 6.49. The predicted octanol–water partition coefficient (Wildman–Crippen LogP) is 8.11. The Balaban J connectivity index is 1.11. The van der Waals surface area contributed by atoms with E-state index < -0.39 is 0 Å². The normalized spacial score (nSPS) is 14.7. The van der Waals surface area contributed by atoms with E-state index in [9.17, 15) is 4.79 Å². The second-order valence-corrected chi connectivity index (χ2v) is 13.0. The van der Waals surface area contributed by atoms with Gasteiger partial charge in [-0.3, -0.25) is 4.40 Å². The molecular formula is C40H42N8O. The zero-order valence-electron chi connectivity index (χ0n) is 28.3. The molecule has 1 saturated heterocycles. The molecule has 9 heteroatoms. The number of imidazole rings is 1. The van der Waals surface area contributed by atoms with Gasteiger partial charge in [0.1, 0.15) is 5.65 Å². The lowest BCUT2D eigenvalue weighted by atomic mass is 9.98. The van der Waals surface area contributed by atoms with Gasteiger partial charge in [-0.25, -0.2) is 19.7 Å². The van der Waals surface area contributed by atoms with Gasteiger partial charge in [-0.1, -0.05) is 60.7 Å². The Kier molecular flexibility index (Phi) is 9.34. The summed E-state index contributed by atoms with van der Waals surface area (Å²) < 4.78 is 2.04. The van der Waals surface area contributed by atoms with Crippen LogP contribution in [0.25, 0.3) is 28.3 Å². The van der Waals surface area contributed by atoms with Crippen molar-refractivity contribution in [3.63, 3.8) is 0 Å². The maximum Gasteiger partial charge on any atom is 0.321 e. The third kappa shape index (κ3) is 7.32. The van der Waals surface area contributed by atoms with Crippen LogP contribution in [0.4, 0.5) is 22.1 Å². The number of likely N-dealkylation sites (tertiary alicyclic amines) is 1. The van der Waals surface area contributed by atoms with E-state index in [2.05, 4.69) is 70.8 Å². The Morgan fingerprint density at radius 1 is 0.918 bits per heavy atom. The summed E-state index contributed by atoms with van der Waals surface area (Å²) in [4.78, 5) is 31.8. The van der Waals surface area contributed by atoms with Crippen molar-refractivity contribution in [3.8, 4) is 22.6 Å². The number of hydrogen-bond acceptors (Lipinski definition) is 6. The fourth-order valence-corrected chi connectivity index (χ4v) is 6.49. The first kappa shape index (κ1) is 32.0. The van der Waals surface area contributed by atoms with Crippen molar-refractivity contribution in [2.75, 3.05) is 37.3 Å². The number of fused-ring (bicyclic) bond motifs is 1. The van der Waals surface area contributed by atoms with Crippen LogP contribution in [-0.2, 0) is 6.42 Å². The summed E-state index contributed by atoms with van der Waals surface area (Å²) in [6, 6.07) is 34.9. The molecule has 3 aromatic carbocycles. The van der Waals surface area contributed by atoms with Crippen LogP contribution in [0.15, 0.2) is 116 Å². The van der Waals surface area contributed by atoms with Crippen molar-refractivity contribution in [2.45, 2.75) is 38.6 Å². The SMILES string of the molecule is CC(C)N1CC[C@@H](c2ccc(Nc3nccc(-c4c(-c5cccc(NC(=O)N(C)CCc6ccccc6)c5)nc5ccccn45)n3)cc2)C1. The lowest BCUT2D eigenvalue weighted by molar-refractivity contribution is 0.223. The van der Waals surface area contributed by atoms with Crippen molar-refractivity contribution < 1.29 is 4.79 Å². The number of nitrogens with zero attached hydrogens (tertiary/aromatic N) is 6. The first-order valence-electron chi connectivity index (χ1n) is 17.0. The summed E-state index contributed by atoms with van der Waals surface area (Å²) in [6.45, 7) is 7.41. The zero-order chi connectivity index (χ0) is 33.7. The number of carbonyl (C=O) groups is 1. The number of benzene rings is 3. The number of hydrogen-bond donors (Lipinski definition) is 2. The number of likely N-dealkylation sites (N-methyl/N-ethyl adjacent to an activating group) is 1. The molecule has 0 unspecified atom stereocenters. The van der Waals surface area contributed by atoms with Crippen molar-refractivity contribution in [1.82, 2.24) is 29.2 Å². The molecule has 3 aromatic heterocycles. The maximum atomic E-state index is 13.1. The van der Waals surface area contributed by atoms with Crippen LogP contribution in [0.3, 0.4) is 0 Å². The van der Waals surface area contributed by atoms with E-state index in [-0.39, 0.29) is 6.03 Å². The van der Waals surface area contributed by atoms with Gasteiger partial charge >= 0.3 is 6.03 Å². The van der Waals surface area contributed by atoms with E-state index in [1.54, 1.807) is 11.1 Å². The monoisotopic (exact) mass is 650 g/mol. The molecule has 7 rings (SSSR count).